The Morgan fingerprint density at radius 1 is 0.889 bits per heavy atom. The number of hydrogen-bond donors (Lipinski definition) is 1. The van der Waals surface area contributed by atoms with Crippen molar-refractivity contribution in [1.82, 2.24) is 9.97 Å². The van der Waals surface area contributed by atoms with Crippen molar-refractivity contribution in [2.24, 2.45) is 0 Å². The Morgan fingerprint density at radius 2 is 1.41 bits per heavy atom. The summed E-state index contributed by atoms with van der Waals surface area (Å²) in [5.74, 6) is -0.502. The average Bonchev–Trinajstić information content (AvgIpc) is 2.70. The summed E-state index contributed by atoms with van der Waals surface area (Å²) in [5, 5.41) is 9.29. The Morgan fingerprint density at radius 3 is 1.89 bits per heavy atom. The van der Waals surface area contributed by atoms with Gasteiger partial charge in [-0.2, -0.15) is 0 Å². The SMILES string of the molecule is CCCc1cnc(-c2ccc(-c3ccc(C(CC)C(=O)O)cc3)cc2)nc1. The number of aliphatic carboxylic acids is 1. The number of hydrogen-bond acceptors (Lipinski definition) is 3. The van der Waals surface area contributed by atoms with Crippen LogP contribution < -0.4 is 0 Å². The van der Waals surface area contributed by atoms with Crippen LogP contribution in [0.1, 0.15) is 43.7 Å². The molecular weight excluding hydrogens is 336 g/mol. The van der Waals surface area contributed by atoms with Gasteiger partial charge in [0.25, 0.3) is 0 Å². The summed E-state index contributed by atoms with van der Waals surface area (Å²) in [7, 11) is 0. The fourth-order valence-corrected chi connectivity index (χ4v) is 3.19. The number of aromatic nitrogens is 2. The minimum atomic E-state index is -0.778. The summed E-state index contributed by atoms with van der Waals surface area (Å²) in [4.78, 5) is 20.2. The van der Waals surface area contributed by atoms with Crippen LogP contribution in [0.25, 0.3) is 22.5 Å². The van der Waals surface area contributed by atoms with Crippen LogP contribution in [0.2, 0.25) is 0 Å². The van der Waals surface area contributed by atoms with Gasteiger partial charge in [-0.05, 0) is 35.1 Å². The van der Waals surface area contributed by atoms with E-state index >= 15 is 0 Å². The number of nitrogens with zero attached hydrogens (tertiary/aromatic N) is 2. The number of rotatable bonds is 7. The highest BCUT2D eigenvalue weighted by Crippen LogP contribution is 2.26. The van der Waals surface area contributed by atoms with Crippen molar-refractivity contribution < 1.29 is 9.90 Å². The lowest BCUT2D eigenvalue weighted by Gasteiger charge is -2.11. The maximum Gasteiger partial charge on any atom is 0.310 e. The molecule has 2 aromatic carbocycles. The molecule has 27 heavy (non-hydrogen) atoms. The van der Waals surface area contributed by atoms with Crippen molar-refractivity contribution in [3.8, 4) is 22.5 Å². The quantitative estimate of drug-likeness (QED) is 0.617. The second kappa shape index (κ2) is 8.58. The normalized spacial score (nSPS) is 11.9. The van der Waals surface area contributed by atoms with E-state index in [0.29, 0.717) is 6.42 Å². The molecular formula is C23H24N2O2. The molecule has 0 aliphatic heterocycles. The van der Waals surface area contributed by atoms with Crippen LogP contribution in [0.3, 0.4) is 0 Å². The molecule has 1 aromatic heterocycles. The Hall–Kier alpha value is -3.01. The van der Waals surface area contributed by atoms with Gasteiger partial charge < -0.3 is 5.11 Å². The van der Waals surface area contributed by atoms with Gasteiger partial charge in [-0.3, -0.25) is 4.79 Å². The predicted octanol–water partition coefficient (Wildman–Crippen LogP) is 5.34. The van der Waals surface area contributed by atoms with Crippen LogP contribution in [-0.4, -0.2) is 21.0 Å². The average molecular weight is 360 g/mol. The summed E-state index contributed by atoms with van der Waals surface area (Å²) in [6.07, 6.45) is 6.45. The van der Waals surface area contributed by atoms with Crippen LogP contribution in [-0.2, 0) is 11.2 Å². The van der Waals surface area contributed by atoms with Crippen LogP contribution >= 0.6 is 0 Å². The van der Waals surface area contributed by atoms with E-state index in [0.717, 1.165) is 46.5 Å². The smallest absolute Gasteiger partial charge is 0.310 e. The van der Waals surface area contributed by atoms with E-state index < -0.39 is 11.9 Å². The topological polar surface area (TPSA) is 63.1 Å². The third kappa shape index (κ3) is 4.40. The number of carbonyl (C=O) groups is 1. The molecule has 0 bridgehead atoms. The standard InChI is InChI=1S/C23H24N2O2/c1-3-5-16-14-24-22(25-15-16)20-12-8-18(9-13-20)17-6-10-19(11-7-17)21(4-2)23(26)27/h6-15,21H,3-5H2,1-2H3,(H,26,27). The molecule has 3 aromatic rings. The highest BCUT2D eigenvalue weighted by Gasteiger charge is 2.17. The van der Waals surface area contributed by atoms with Crippen molar-refractivity contribution in [2.75, 3.05) is 0 Å². The number of carboxylic acids is 1. The number of benzene rings is 2. The molecule has 0 saturated heterocycles. The highest BCUT2D eigenvalue weighted by atomic mass is 16.4. The number of aryl methyl sites for hydroxylation is 1. The first-order valence-corrected chi connectivity index (χ1v) is 9.36. The lowest BCUT2D eigenvalue weighted by atomic mass is 9.94. The molecule has 0 fully saturated rings. The zero-order chi connectivity index (χ0) is 19.2. The second-order valence-corrected chi connectivity index (χ2v) is 6.66. The molecule has 3 rings (SSSR count). The van der Waals surface area contributed by atoms with Crippen molar-refractivity contribution >= 4 is 5.97 Å². The van der Waals surface area contributed by atoms with Crippen LogP contribution in [0.5, 0.6) is 0 Å². The van der Waals surface area contributed by atoms with E-state index in [2.05, 4.69) is 16.9 Å². The summed E-state index contributed by atoms with van der Waals surface area (Å²) >= 11 is 0. The van der Waals surface area contributed by atoms with E-state index in [4.69, 9.17) is 0 Å². The van der Waals surface area contributed by atoms with E-state index in [1.54, 1.807) is 0 Å². The molecule has 4 heteroatoms. The third-order valence-corrected chi connectivity index (χ3v) is 4.74. The first-order valence-electron chi connectivity index (χ1n) is 9.36. The van der Waals surface area contributed by atoms with E-state index in [-0.39, 0.29) is 0 Å². The fourth-order valence-electron chi connectivity index (χ4n) is 3.19. The molecule has 0 radical (unpaired) electrons. The van der Waals surface area contributed by atoms with Crippen molar-refractivity contribution in [3.05, 3.63) is 72.1 Å². The molecule has 4 nitrogen and oxygen atoms in total. The van der Waals surface area contributed by atoms with Gasteiger partial charge in [-0.1, -0.05) is 68.8 Å². The molecule has 0 aliphatic rings. The Bertz CT molecular complexity index is 885. The summed E-state index contributed by atoms with van der Waals surface area (Å²) < 4.78 is 0. The van der Waals surface area contributed by atoms with Crippen molar-refractivity contribution in [3.63, 3.8) is 0 Å². The van der Waals surface area contributed by atoms with Crippen LogP contribution in [0.15, 0.2) is 60.9 Å². The summed E-state index contributed by atoms with van der Waals surface area (Å²) in [6, 6.07) is 15.9. The maximum atomic E-state index is 11.3. The largest absolute Gasteiger partial charge is 0.481 e. The lowest BCUT2D eigenvalue weighted by molar-refractivity contribution is -0.138. The molecule has 1 unspecified atom stereocenters. The van der Waals surface area contributed by atoms with Crippen molar-refractivity contribution in [2.45, 2.75) is 39.0 Å². The molecule has 1 atom stereocenters. The first-order chi connectivity index (χ1) is 13.1. The highest BCUT2D eigenvalue weighted by molar-refractivity contribution is 5.76. The van der Waals surface area contributed by atoms with E-state index in [1.165, 1.54) is 0 Å². The molecule has 0 amide bonds. The van der Waals surface area contributed by atoms with E-state index in [1.807, 2.05) is 67.8 Å². The molecule has 1 heterocycles. The van der Waals surface area contributed by atoms with Crippen LogP contribution in [0, 0.1) is 0 Å². The Labute approximate surface area is 159 Å². The molecule has 1 N–H and O–H groups in total. The van der Waals surface area contributed by atoms with Gasteiger partial charge in [0, 0.05) is 18.0 Å². The molecule has 138 valence electrons. The Kier molecular flexibility index (Phi) is 5.97. The van der Waals surface area contributed by atoms with Gasteiger partial charge in [0.15, 0.2) is 5.82 Å². The predicted molar refractivity (Wildman–Crippen MR) is 108 cm³/mol. The minimum absolute atomic E-state index is 0.450. The van der Waals surface area contributed by atoms with Crippen LogP contribution in [0.4, 0.5) is 0 Å². The minimum Gasteiger partial charge on any atom is -0.481 e. The zero-order valence-corrected chi connectivity index (χ0v) is 15.7. The number of carboxylic acid groups (broad SMARTS) is 1. The van der Waals surface area contributed by atoms with E-state index in [9.17, 15) is 9.90 Å². The molecule has 0 saturated carbocycles. The van der Waals surface area contributed by atoms with Gasteiger partial charge >= 0.3 is 5.97 Å². The third-order valence-electron chi connectivity index (χ3n) is 4.74. The monoisotopic (exact) mass is 360 g/mol. The summed E-state index contributed by atoms with van der Waals surface area (Å²) in [5.41, 5.74) is 5.12. The van der Waals surface area contributed by atoms with Gasteiger partial charge in [0.1, 0.15) is 0 Å². The molecule has 0 aliphatic carbocycles. The van der Waals surface area contributed by atoms with Gasteiger partial charge in [-0.25, -0.2) is 9.97 Å². The van der Waals surface area contributed by atoms with Gasteiger partial charge in [-0.15, -0.1) is 0 Å². The Balaban J connectivity index is 1.78. The second-order valence-electron chi connectivity index (χ2n) is 6.66. The molecule has 0 spiro atoms. The maximum absolute atomic E-state index is 11.3. The lowest BCUT2D eigenvalue weighted by Crippen LogP contribution is -2.10. The zero-order valence-electron chi connectivity index (χ0n) is 15.7. The van der Waals surface area contributed by atoms with Gasteiger partial charge in [0.05, 0.1) is 5.92 Å². The summed E-state index contributed by atoms with van der Waals surface area (Å²) in [6.45, 7) is 4.03. The fraction of sp³-hybridized carbons (Fsp3) is 0.261. The van der Waals surface area contributed by atoms with Gasteiger partial charge in [0.2, 0.25) is 0 Å². The van der Waals surface area contributed by atoms with Crippen molar-refractivity contribution in [1.29, 1.82) is 0 Å². The first kappa shape index (κ1) is 18.8.